The highest BCUT2D eigenvalue weighted by molar-refractivity contribution is 9.11. The molecule has 1 aliphatic carbocycles. The van der Waals surface area contributed by atoms with Gasteiger partial charge in [0.15, 0.2) is 0 Å². The third kappa shape index (κ3) is 2.44. The van der Waals surface area contributed by atoms with Crippen LogP contribution in [0, 0.1) is 5.92 Å². The summed E-state index contributed by atoms with van der Waals surface area (Å²) in [4.78, 5) is 0. The Kier molecular flexibility index (Phi) is 3.23. The first-order valence-electron chi connectivity index (χ1n) is 5.12. The van der Waals surface area contributed by atoms with E-state index < -0.39 is 0 Å². The van der Waals surface area contributed by atoms with Gasteiger partial charge < -0.3 is 5.32 Å². The van der Waals surface area contributed by atoms with Crippen molar-refractivity contribution < 1.29 is 0 Å². The van der Waals surface area contributed by atoms with Gasteiger partial charge in [0.25, 0.3) is 0 Å². The number of rotatable bonds is 1. The molecule has 0 radical (unpaired) electrons. The highest BCUT2D eigenvalue weighted by Gasteiger charge is 2.18. The van der Waals surface area contributed by atoms with Crippen molar-refractivity contribution in [3.63, 3.8) is 0 Å². The molecule has 0 aromatic heterocycles. The molecule has 1 saturated heterocycles. The fourth-order valence-electron chi connectivity index (χ4n) is 2.16. The summed E-state index contributed by atoms with van der Waals surface area (Å²) in [5, 5.41) is 3.41. The molecule has 2 rings (SSSR count). The monoisotopic (exact) mass is 241 g/mol. The topological polar surface area (TPSA) is 12.0 Å². The van der Waals surface area contributed by atoms with Gasteiger partial charge in [0.2, 0.25) is 0 Å². The summed E-state index contributed by atoms with van der Waals surface area (Å²) < 4.78 is 1.35. The molecule has 0 bridgehead atoms. The van der Waals surface area contributed by atoms with E-state index in [1.807, 2.05) is 0 Å². The second kappa shape index (κ2) is 4.43. The molecule has 0 saturated carbocycles. The normalized spacial score (nSPS) is 25.3. The standard InChI is InChI=1S/C11H16BrN/c12-11-3-1-9(2-4-11)10-5-7-13-8-6-10/h1,3,10,13H,2,4-8H2. The molecular weight excluding hydrogens is 226 g/mol. The minimum Gasteiger partial charge on any atom is -0.317 e. The lowest BCUT2D eigenvalue weighted by molar-refractivity contribution is 0.411. The summed E-state index contributed by atoms with van der Waals surface area (Å²) in [6, 6.07) is 0. The molecule has 0 unspecified atom stereocenters. The number of piperidine rings is 1. The molecule has 0 aromatic carbocycles. The predicted octanol–water partition coefficient (Wildman–Crippen LogP) is 2.99. The van der Waals surface area contributed by atoms with Crippen LogP contribution < -0.4 is 5.32 Å². The molecule has 1 fully saturated rings. The van der Waals surface area contributed by atoms with E-state index in [1.165, 1.54) is 43.3 Å². The molecule has 0 spiro atoms. The van der Waals surface area contributed by atoms with E-state index in [0.717, 1.165) is 5.92 Å². The largest absolute Gasteiger partial charge is 0.317 e. The van der Waals surface area contributed by atoms with Gasteiger partial charge in [0.05, 0.1) is 0 Å². The van der Waals surface area contributed by atoms with E-state index in [9.17, 15) is 0 Å². The van der Waals surface area contributed by atoms with E-state index in [0.29, 0.717) is 0 Å². The zero-order chi connectivity index (χ0) is 9.10. The molecule has 2 heteroatoms. The Labute approximate surface area is 88.4 Å². The van der Waals surface area contributed by atoms with Gasteiger partial charge in [-0.2, -0.15) is 0 Å². The Hall–Kier alpha value is -0.0800. The van der Waals surface area contributed by atoms with E-state index in [4.69, 9.17) is 0 Å². The molecule has 0 atom stereocenters. The van der Waals surface area contributed by atoms with Crippen LogP contribution in [0.15, 0.2) is 22.2 Å². The minimum absolute atomic E-state index is 0.859. The third-order valence-corrected chi connectivity index (χ3v) is 3.66. The fraction of sp³-hybridized carbons (Fsp3) is 0.636. The van der Waals surface area contributed by atoms with Crippen LogP contribution in [0.3, 0.4) is 0 Å². The molecule has 72 valence electrons. The zero-order valence-electron chi connectivity index (χ0n) is 7.85. The maximum atomic E-state index is 3.54. The minimum atomic E-state index is 0.859. The molecule has 13 heavy (non-hydrogen) atoms. The maximum absolute atomic E-state index is 3.54. The molecule has 0 aromatic rings. The Morgan fingerprint density at radius 1 is 1.15 bits per heavy atom. The summed E-state index contributed by atoms with van der Waals surface area (Å²) in [5.41, 5.74) is 1.67. The van der Waals surface area contributed by atoms with Crippen LogP contribution in [0.25, 0.3) is 0 Å². The van der Waals surface area contributed by atoms with Crippen LogP contribution >= 0.6 is 15.9 Å². The lowest BCUT2D eigenvalue weighted by Gasteiger charge is -2.26. The van der Waals surface area contributed by atoms with Gasteiger partial charge in [-0.25, -0.2) is 0 Å². The molecule has 0 amide bonds. The van der Waals surface area contributed by atoms with Crippen molar-refractivity contribution in [1.29, 1.82) is 0 Å². The predicted molar refractivity (Wildman–Crippen MR) is 59.9 cm³/mol. The van der Waals surface area contributed by atoms with Crippen molar-refractivity contribution in [2.24, 2.45) is 5.92 Å². The van der Waals surface area contributed by atoms with Crippen molar-refractivity contribution in [2.75, 3.05) is 13.1 Å². The molecule has 1 N–H and O–H groups in total. The van der Waals surface area contributed by atoms with Gasteiger partial charge in [0.1, 0.15) is 0 Å². The van der Waals surface area contributed by atoms with Crippen LogP contribution in [0.4, 0.5) is 0 Å². The van der Waals surface area contributed by atoms with Crippen molar-refractivity contribution >= 4 is 15.9 Å². The average molecular weight is 242 g/mol. The van der Waals surface area contributed by atoms with Gasteiger partial charge in [-0.05, 0) is 49.2 Å². The number of nitrogens with one attached hydrogen (secondary N) is 1. The fourth-order valence-corrected chi connectivity index (χ4v) is 2.49. The van der Waals surface area contributed by atoms with Crippen molar-refractivity contribution in [2.45, 2.75) is 25.7 Å². The first-order chi connectivity index (χ1) is 6.36. The van der Waals surface area contributed by atoms with Crippen LogP contribution in [-0.4, -0.2) is 13.1 Å². The lowest BCUT2D eigenvalue weighted by atomic mass is 9.85. The summed E-state index contributed by atoms with van der Waals surface area (Å²) in [5.74, 6) is 0.859. The van der Waals surface area contributed by atoms with Gasteiger partial charge >= 0.3 is 0 Å². The van der Waals surface area contributed by atoms with Crippen LogP contribution in [-0.2, 0) is 0 Å². The highest BCUT2D eigenvalue weighted by atomic mass is 79.9. The quantitative estimate of drug-likeness (QED) is 0.745. The van der Waals surface area contributed by atoms with E-state index in [-0.39, 0.29) is 0 Å². The number of hydrogen-bond acceptors (Lipinski definition) is 1. The van der Waals surface area contributed by atoms with Crippen LogP contribution in [0.5, 0.6) is 0 Å². The van der Waals surface area contributed by atoms with Crippen molar-refractivity contribution in [1.82, 2.24) is 5.32 Å². The first kappa shape index (κ1) is 9.47. The number of hydrogen-bond donors (Lipinski definition) is 1. The summed E-state index contributed by atoms with van der Waals surface area (Å²) >= 11 is 3.54. The molecule has 1 nitrogen and oxygen atoms in total. The van der Waals surface area contributed by atoms with Gasteiger partial charge in [-0.3, -0.25) is 0 Å². The smallest absolute Gasteiger partial charge is 0.00432 e. The average Bonchev–Trinajstić information content (AvgIpc) is 2.20. The summed E-state index contributed by atoms with van der Waals surface area (Å²) in [7, 11) is 0. The van der Waals surface area contributed by atoms with Crippen molar-refractivity contribution in [3.05, 3.63) is 22.2 Å². The molecular formula is C11H16BrN. The zero-order valence-corrected chi connectivity index (χ0v) is 9.44. The van der Waals surface area contributed by atoms with Gasteiger partial charge in [-0.15, -0.1) is 0 Å². The van der Waals surface area contributed by atoms with Crippen molar-refractivity contribution in [3.8, 4) is 0 Å². The van der Waals surface area contributed by atoms with Gasteiger partial charge in [-0.1, -0.05) is 33.7 Å². The highest BCUT2D eigenvalue weighted by Crippen LogP contribution is 2.31. The van der Waals surface area contributed by atoms with Gasteiger partial charge in [0, 0.05) is 0 Å². The Morgan fingerprint density at radius 3 is 2.54 bits per heavy atom. The third-order valence-electron chi connectivity index (χ3n) is 2.99. The Bertz CT molecular complexity index is 236. The molecule has 1 heterocycles. The SMILES string of the molecule is BrC1=CC=C(C2CCNCC2)CC1. The Morgan fingerprint density at radius 2 is 1.92 bits per heavy atom. The number of allylic oxidation sites excluding steroid dienone is 4. The van der Waals surface area contributed by atoms with E-state index in [1.54, 1.807) is 5.57 Å². The second-order valence-corrected chi connectivity index (χ2v) is 4.90. The lowest BCUT2D eigenvalue weighted by Crippen LogP contribution is -2.28. The van der Waals surface area contributed by atoms with E-state index in [2.05, 4.69) is 33.4 Å². The van der Waals surface area contributed by atoms with Crippen LogP contribution in [0.2, 0.25) is 0 Å². The molecule has 1 aliphatic heterocycles. The Balaban J connectivity index is 1.99. The maximum Gasteiger partial charge on any atom is -0.00432 e. The van der Waals surface area contributed by atoms with Crippen LogP contribution in [0.1, 0.15) is 25.7 Å². The number of halogens is 1. The summed E-state index contributed by atoms with van der Waals surface area (Å²) in [6.07, 6.45) is 9.68. The molecule has 2 aliphatic rings. The first-order valence-corrected chi connectivity index (χ1v) is 5.91. The van der Waals surface area contributed by atoms with E-state index >= 15 is 0 Å². The summed E-state index contributed by atoms with van der Waals surface area (Å²) in [6.45, 7) is 2.40. The second-order valence-electron chi connectivity index (χ2n) is 3.88.